The van der Waals surface area contributed by atoms with Crippen LogP contribution in [0, 0.1) is 0 Å². The molecule has 0 radical (unpaired) electrons. The number of ether oxygens (including phenoxy) is 1. The number of piperazine rings is 1. The molecular weight excluding hydrogens is 444 g/mol. The van der Waals surface area contributed by atoms with E-state index in [4.69, 9.17) is 14.7 Å². The van der Waals surface area contributed by atoms with Gasteiger partial charge in [0.2, 0.25) is 5.95 Å². The van der Waals surface area contributed by atoms with Crippen LogP contribution in [0.3, 0.4) is 0 Å². The molecule has 4 aromatic rings. The maximum absolute atomic E-state index is 13.2. The van der Waals surface area contributed by atoms with Gasteiger partial charge in [0.1, 0.15) is 17.0 Å². The predicted molar refractivity (Wildman–Crippen MR) is 137 cm³/mol. The molecule has 0 amide bonds. The summed E-state index contributed by atoms with van der Waals surface area (Å²) in [5.41, 5.74) is 1.05. The summed E-state index contributed by atoms with van der Waals surface area (Å²) in [5, 5.41) is 3.61. The summed E-state index contributed by atoms with van der Waals surface area (Å²) < 4.78 is 8.63. The van der Waals surface area contributed by atoms with Crippen LogP contribution in [0.2, 0.25) is 0 Å². The second-order valence-electron chi connectivity index (χ2n) is 8.42. The van der Waals surface area contributed by atoms with Crippen molar-refractivity contribution in [1.29, 1.82) is 0 Å². The molecule has 10 nitrogen and oxygen atoms in total. The van der Waals surface area contributed by atoms with Crippen LogP contribution < -0.4 is 20.5 Å². The Hall–Kier alpha value is -4.18. The van der Waals surface area contributed by atoms with Gasteiger partial charge in [0.15, 0.2) is 11.5 Å². The van der Waals surface area contributed by atoms with E-state index in [1.165, 1.54) is 0 Å². The van der Waals surface area contributed by atoms with Gasteiger partial charge in [0, 0.05) is 44.1 Å². The highest BCUT2D eigenvalue weighted by molar-refractivity contribution is 5.77. The van der Waals surface area contributed by atoms with Gasteiger partial charge in [-0.2, -0.15) is 4.98 Å². The number of rotatable bonds is 7. The van der Waals surface area contributed by atoms with Gasteiger partial charge in [-0.3, -0.25) is 4.79 Å². The fraction of sp³-hybridized carbons (Fsp3) is 0.280. The van der Waals surface area contributed by atoms with Crippen molar-refractivity contribution in [2.45, 2.75) is 6.54 Å². The lowest BCUT2D eigenvalue weighted by Crippen LogP contribution is -2.44. The monoisotopic (exact) mass is 472 g/mol. The molecule has 0 saturated carbocycles. The highest BCUT2D eigenvalue weighted by Crippen LogP contribution is 2.22. The third-order valence-electron chi connectivity index (χ3n) is 6.07. The van der Waals surface area contributed by atoms with Gasteiger partial charge in [0.05, 0.1) is 13.7 Å². The predicted octanol–water partition coefficient (Wildman–Crippen LogP) is 2.67. The van der Waals surface area contributed by atoms with E-state index >= 15 is 0 Å². The van der Waals surface area contributed by atoms with Crippen molar-refractivity contribution in [1.82, 2.24) is 29.2 Å². The van der Waals surface area contributed by atoms with E-state index in [9.17, 15) is 4.79 Å². The summed E-state index contributed by atoms with van der Waals surface area (Å²) in [6, 6.07) is 13.3. The molecule has 0 atom stereocenters. The molecule has 0 spiro atoms. The molecule has 1 aliphatic rings. The SMILES string of the molecule is C=CCn1c(=O)c2cnc(Nc3cccc(OC)c3)nc2n1-c1cccc(N2CCN(C)CC2)n1. The number of hydrogen-bond donors (Lipinski definition) is 1. The highest BCUT2D eigenvalue weighted by Gasteiger charge is 2.20. The van der Waals surface area contributed by atoms with E-state index in [1.807, 2.05) is 42.5 Å². The third-order valence-corrected chi connectivity index (χ3v) is 6.07. The van der Waals surface area contributed by atoms with Crippen LogP contribution in [0.5, 0.6) is 5.75 Å². The first kappa shape index (κ1) is 22.6. The van der Waals surface area contributed by atoms with Crippen LogP contribution in [0.15, 0.2) is 66.1 Å². The largest absolute Gasteiger partial charge is 0.497 e. The number of pyridine rings is 1. The lowest BCUT2D eigenvalue weighted by atomic mass is 10.3. The van der Waals surface area contributed by atoms with E-state index in [-0.39, 0.29) is 5.56 Å². The molecule has 5 rings (SSSR count). The van der Waals surface area contributed by atoms with Gasteiger partial charge < -0.3 is 19.9 Å². The number of likely N-dealkylation sites (N-methyl/N-ethyl adjacent to an activating group) is 1. The van der Waals surface area contributed by atoms with Crippen LogP contribution in [-0.4, -0.2) is 69.6 Å². The summed E-state index contributed by atoms with van der Waals surface area (Å²) in [7, 11) is 3.74. The number of hydrogen-bond acceptors (Lipinski definition) is 8. The molecule has 0 bridgehead atoms. The zero-order chi connectivity index (χ0) is 24.4. The maximum atomic E-state index is 13.2. The zero-order valence-corrected chi connectivity index (χ0v) is 19.9. The second-order valence-corrected chi connectivity index (χ2v) is 8.42. The maximum Gasteiger partial charge on any atom is 0.278 e. The average molecular weight is 473 g/mol. The topological polar surface area (TPSA) is 93.3 Å². The Labute approximate surface area is 203 Å². The van der Waals surface area contributed by atoms with Crippen molar-refractivity contribution in [3.05, 3.63) is 71.7 Å². The van der Waals surface area contributed by atoms with E-state index in [1.54, 1.807) is 28.7 Å². The van der Waals surface area contributed by atoms with E-state index in [0.717, 1.165) is 43.4 Å². The summed E-state index contributed by atoms with van der Waals surface area (Å²) in [5.74, 6) is 2.57. The van der Waals surface area contributed by atoms with Crippen molar-refractivity contribution < 1.29 is 4.74 Å². The first-order valence-corrected chi connectivity index (χ1v) is 11.5. The first-order chi connectivity index (χ1) is 17.1. The number of allylic oxidation sites excluding steroid dienone is 1. The van der Waals surface area contributed by atoms with Crippen molar-refractivity contribution in [3.63, 3.8) is 0 Å². The second kappa shape index (κ2) is 9.59. The molecule has 0 unspecified atom stereocenters. The number of benzene rings is 1. The molecule has 1 fully saturated rings. The van der Waals surface area contributed by atoms with Gasteiger partial charge in [-0.25, -0.2) is 19.3 Å². The van der Waals surface area contributed by atoms with E-state index < -0.39 is 0 Å². The Morgan fingerprint density at radius 2 is 1.86 bits per heavy atom. The molecule has 3 aromatic heterocycles. The summed E-state index contributed by atoms with van der Waals surface area (Å²) in [6.45, 7) is 7.89. The van der Waals surface area contributed by atoms with Crippen LogP contribution in [0.1, 0.15) is 0 Å². The lowest BCUT2D eigenvalue weighted by molar-refractivity contribution is 0.312. The van der Waals surface area contributed by atoms with Crippen LogP contribution in [0.4, 0.5) is 17.5 Å². The molecule has 35 heavy (non-hydrogen) atoms. The van der Waals surface area contributed by atoms with Crippen LogP contribution in [0.25, 0.3) is 16.9 Å². The fourth-order valence-corrected chi connectivity index (χ4v) is 4.18. The molecule has 10 heteroatoms. The average Bonchev–Trinajstić information content (AvgIpc) is 3.15. The molecular formula is C25H28N8O2. The molecule has 1 saturated heterocycles. The number of nitrogens with zero attached hydrogens (tertiary/aromatic N) is 7. The summed E-state index contributed by atoms with van der Waals surface area (Å²) >= 11 is 0. The van der Waals surface area contributed by atoms with Gasteiger partial charge in [-0.1, -0.05) is 18.2 Å². The molecule has 1 aliphatic heterocycles. The molecule has 1 aromatic carbocycles. The van der Waals surface area contributed by atoms with Crippen molar-refractivity contribution in [3.8, 4) is 11.6 Å². The van der Waals surface area contributed by atoms with Crippen molar-refractivity contribution in [2.75, 3.05) is 50.6 Å². The third kappa shape index (κ3) is 4.47. The standard InChI is InChI=1S/C25H28N8O2/c1-4-11-32-24(34)20-17-26-25(27-18-7-5-8-19(16-18)35-3)29-23(20)33(32)22-10-6-9-21(28-22)31-14-12-30(2)13-15-31/h4-10,16-17H,1,11-15H2,2-3H3,(H,26,27,29). The Morgan fingerprint density at radius 1 is 1.09 bits per heavy atom. The molecule has 180 valence electrons. The zero-order valence-electron chi connectivity index (χ0n) is 19.9. The number of anilines is 3. The Morgan fingerprint density at radius 3 is 2.63 bits per heavy atom. The van der Waals surface area contributed by atoms with Crippen molar-refractivity contribution >= 4 is 28.5 Å². The molecule has 1 N–H and O–H groups in total. The Kier molecular flexibility index (Phi) is 6.19. The van der Waals surface area contributed by atoms with E-state index in [2.05, 4.69) is 33.7 Å². The number of aromatic nitrogens is 5. The normalized spacial score (nSPS) is 14.3. The molecule has 4 heterocycles. The van der Waals surface area contributed by atoms with E-state index in [0.29, 0.717) is 29.3 Å². The van der Waals surface area contributed by atoms with Crippen LogP contribution >= 0.6 is 0 Å². The number of methoxy groups -OCH3 is 1. The Bertz CT molecular complexity index is 1420. The van der Waals surface area contributed by atoms with Gasteiger partial charge >= 0.3 is 0 Å². The highest BCUT2D eigenvalue weighted by atomic mass is 16.5. The minimum atomic E-state index is -0.195. The number of fused-ring (bicyclic) bond motifs is 1. The smallest absolute Gasteiger partial charge is 0.278 e. The fourth-order valence-electron chi connectivity index (χ4n) is 4.18. The van der Waals surface area contributed by atoms with Crippen molar-refractivity contribution in [2.24, 2.45) is 0 Å². The quantitative estimate of drug-likeness (QED) is 0.411. The van der Waals surface area contributed by atoms with Gasteiger partial charge in [-0.15, -0.1) is 6.58 Å². The van der Waals surface area contributed by atoms with Gasteiger partial charge in [-0.05, 0) is 31.3 Å². The Balaban J connectivity index is 1.59. The first-order valence-electron chi connectivity index (χ1n) is 11.5. The summed E-state index contributed by atoms with van der Waals surface area (Å²) in [4.78, 5) is 31.8. The van der Waals surface area contributed by atoms with Gasteiger partial charge in [0.25, 0.3) is 5.56 Å². The number of nitrogens with one attached hydrogen (secondary N) is 1. The minimum Gasteiger partial charge on any atom is -0.497 e. The lowest BCUT2D eigenvalue weighted by Gasteiger charge is -2.33. The van der Waals surface area contributed by atoms with Crippen LogP contribution in [-0.2, 0) is 6.54 Å². The molecule has 0 aliphatic carbocycles. The summed E-state index contributed by atoms with van der Waals surface area (Å²) in [6.07, 6.45) is 3.23. The minimum absolute atomic E-state index is 0.195.